The van der Waals surface area contributed by atoms with Gasteiger partial charge in [0.1, 0.15) is 29.2 Å². The Bertz CT molecular complexity index is 2210. The number of nitrogens with two attached hydrogens (primary N) is 1. The van der Waals surface area contributed by atoms with Crippen molar-refractivity contribution < 1.29 is 73.5 Å². The molecule has 0 aliphatic carbocycles. The molecule has 0 fully saturated rings. The number of nitrogen functional groups attached to an aromatic ring is 1. The molecule has 0 aliphatic heterocycles. The zero-order valence-electron chi connectivity index (χ0n) is 43.0. The molecule has 0 aromatic carbocycles. The van der Waals surface area contributed by atoms with E-state index in [2.05, 4.69) is 40.1 Å². The van der Waals surface area contributed by atoms with Crippen LogP contribution < -0.4 is 35.3 Å². The van der Waals surface area contributed by atoms with Crippen LogP contribution in [0.15, 0.2) is 116 Å². The molecule has 0 bridgehead atoms. The molecule has 0 saturated carbocycles. The van der Waals surface area contributed by atoms with Crippen molar-refractivity contribution in [2.75, 3.05) is 37.6 Å². The molecule has 3 N–H and O–H groups in total. The minimum Gasteiger partial charge on any atom is -1.00 e. The molecule has 3 radical (unpaired) electrons. The number of fused-ring (bicyclic) bond motifs is 3. The normalized spacial score (nSPS) is 9.03. The van der Waals surface area contributed by atoms with E-state index >= 15 is 0 Å². The average Bonchev–Trinajstić information content (AvgIpc) is 4.16. The smallest absolute Gasteiger partial charge is 1.00 e. The average molecular weight is 1120 g/mol. The van der Waals surface area contributed by atoms with Crippen molar-refractivity contribution in [3.8, 4) is 0 Å². The van der Waals surface area contributed by atoms with Gasteiger partial charge in [-0.3, -0.25) is 18.6 Å². The topological polar surface area (TPSA) is 238 Å². The van der Waals surface area contributed by atoms with E-state index in [-0.39, 0.29) is 81.6 Å². The molecule has 0 saturated heterocycles. The SMILES string of the molecule is CC.CC.CC.CC.COC(=O)CC(=O)CCl.COC(=O)c1cn2ccccc2n1.ClCc1cn2ccccc2n1.Nc1ccccn1.O=C(CCl)CCl.O=S([O-])Cl.OCc1cn2ccccc2n1.[B].[H-].[Na+]. The van der Waals surface area contributed by atoms with E-state index < -0.39 is 22.2 Å². The van der Waals surface area contributed by atoms with Crippen molar-refractivity contribution in [3.05, 3.63) is 133 Å². The van der Waals surface area contributed by atoms with Gasteiger partial charge < -0.3 is 39.5 Å². The van der Waals surface area contributed by atoms with Gasteiger partial charge >= 0.3 is 41.5 Å². The van der Waals surface area contributed by atoms with Crippen LogP contribution in [0.2, 0.25) is 0 Å². The maximum atomic E-state index is 11.1. The van der Waals surface area contributed by atoms with E-state index in [1.54, 1.807) is 22.9 Å². The molecule has 1 atom stereocenters. The second kappa shape index (κ2) is 53.7. The van der Waals surface area contributed by atoms with Crippen LogP contribution in [0.25, 0.3) is 16.9 Å². The Morgan fingerprint density at radius 3 is 1.35 bits per heavy atom. The number of ketones is 2. The summed E-state index contributed by atoms with van der Waals surface area (Å²) in [7, 11) is 4.37. The minimum absolute atomic E-state index is 0. The summed E-state index contributed by atoms with van der Waals surface area (Å²) in [6, 6.07) is 22.6. The first-order valence-electron chi connectivity index (χ1n) is 21.0. The molecule has 71 heavy (non-hydrogen) atoms. The van der Waals surface area contributed by atoms with Gasteiger partial charge in [0.05, 0.1) is 55.7 Å². The predicted molar refractivity (Wildman–Crippen MR) is 287 cm³/mol. The van der Waals surface area contributed by atoms with E-state index in [1.165, 1.54) is 14.2 Å². The summed E-state index contributed by atoms with van der Waals surface area (Å²) in [4.78, 5) is 57.9. The zero-order chi connectivity index (χ0) is 53.6. The number of pyridine rings is 4. The first-order chi connectivity index (χ1) is 33.2. The Labute approximate surface area is 470 Å². The van der Waals surface area contributed by atoms with Gasteiger partial charge in [-0.15, -0.1) is 46.4 Å². The van der Waals surface area contributed by atoms with E-state index in [1.807, 2.05) is 162 Å². The minimum atomic E-state index is -2.39. The molecule has 0 spiro atoms. The fourth-order valence-corrected chi connectivity index (χ4v) is 4.45. The van der Waals surface area contributed by atoms with Crippen LogP contribution in [-0.2, 0) is 46.6 Å². The van der Waals surface area contributed by atoms with Crippen LogP contribution in [-0.4, -0.2) is 111 Å². The molecule has 7 aromatic heterocycles. The molecule has 7 aromatic rings. The third-order valence-corrected chi connectivity index (χ3v) is 7.76. The number of rotatable bonds is 8. The molecule has 0 amide bonds. The van der Waals surface area contributed by atoms with Crippen LogP contribution in [0.4, 0.5) is 5.82 Å². The largest absolute Gasteiger partial charge is 1.00 e. The number of imidazole rings is 3. The number of esters is 2. The number of halogens is 5. The van der Waals surface area contributed by atoms with Crippen molar-refractivity contribution in [2.24, 2.45) is 0 Å². The molecule has 389 valence electrons. The molecule has 7 rings (SSSR count). The van der Waals surface area contributed by atoms with Gasteiger partial charge in [-0.05, 0) is 59.2 Å². The summed E-state index contributed by atoms with van der Waals surface area (Å²) >= 11 is 20.8. The van der Waals surface area contributed by atoms with Crippen molar-refractivity contribution in [3.63, 3.8) is 0 Å². The van der Waals surface area contributed by atoms with Crippen LogP contribution in [0.5, 0.6) is 0 Å². The summed E-state index contributed by atoms with van der Waals surface area (Å²) in [5.74, 6) is -0.419. The third-order valence-electron chi connectivity index (χ3n) is 6.59. The number of aliphatic hydroxyl groups excluding tert-OH is 1. The van der Waals surface area contributed by atoms with Crippen molar-refractivity contribution in [1.82, 2.24) is 33.1 Å². The molecule has 1 unspecified atom stereocenters. The number of ether oxygens (including phenoxy) is 2. The quantitative estimate of drug-likeness (QED) is 0.0392. The maximum Gasteiger partial charge on any atom is 1.00 e. The number of Topliss-reactive ketones (excluding diaryl/α,β-unsaturated/α-hetero) is 2. The van der Waals surface area contributed by atoms with Crippen LogP contribution >= 0.6 is 57.1 Å². The monoisotopic (exact) mass is 1110 g/mol. The number of aliphatic hydroxyl groups is 1. The summed E-state index contributed by atoms with van der Waals surface area (Å²) in [6.45, 7) is 16.0. The number of methoxy groups -OCH3 is 2. The van der Waals surface area contributed by atoms with Gasteiger partial charge in [0.25, 0.3) is 0 Å². The predicted octanol–water partition coefficient (Wildman–Crippen LogP) is 6.93. The standard InChI is InChI=1S/C9H8N2O2.C8H7ClN2.C8H8N2O.C5H7ClO3.C5H6N2.C3H4Cl2O.4C2H6.B.ClHO2S.Na.H/c1-13-9(12)7-6-11-5-3-2-4-8(11)10-7;9-5-7-6-11-4-2-1-3-8(11)10-7;11-6-7-5-10-4-2-1-3-8(10)9-7;1-9-5(8)2-4(7)3-6;6-5-3-1-2-4-7-5;4-1-3(6)2-5;4*1-2;;1-4(2)3;;/h2-6H,1H3;1-4,6H,5H2;1-5,11H,6H2;2-3H2,1H3;1-4H,(H2,6,7);1-2H2;4*1-2H3;;(H,2,3);;/q;;;;;;;;;;;;+1;-1/p-1. The van der Waals surface area contributed by atoms with Gasteiger partial charge in [-0.2, -0.15) is 0 Å². The number of alkyl halides is 4. The number of aromatic nitrogens is 7. The van der Waals surface area contributed by atoms with Crippen LogP contribution in [0.1, 0.15) is 85.1 Å². The van der Waals surface area contributed by atoms with Crippen LogP contribution in [0, 0.1) is 0 Å². The zero-order valence-corrected chi connectivity index (χ0v) is 48.6. The molecule has 25 heteroatoms. The first kappa shape index (κ1) is 78.3. The van der Waals surface area contributed by atoms with Gasteiger partial charge in [0, 0.05) is 62.1 Å². The second-order valence-corrected chi connectivity index (χ2v) is 13.2. The van der Waals surface area contributed by atoms with Gasteiger partial charge in [-0.25, -0.2) is 24.7 Å². The number of carbonyl (C=O) groups excluding carboxylic acids is 4. The first-order valence-corrected chi connectivity index (χ1v) is 25.0. The molecule has 17 nitrogen and oxygen atoms in total. The van der Waals surface area contributed by atoms with Crippen molar-refractivity contribution in [1.29, 1.82) is 0 Å². The molecule has 0 aliphatic rings. The number of nitrogens with zero attached hydrogens (tertiary/aromatic N) is 7. The molecule has 7 heterocycles. The number of hydrogen-bond donors (Lipinski definition) is 2. The van der Waals surface area contributed by atoms with E-state index in [9.17, 15) is 19.2 Å². The number of hydrogen-bond acceptors (Lipinski definition) is 14. The fraction of sp³-hybridized carbons (Fsp3) is 0.348. The number of anilines is 1. The third kappa shape index (κ3) is 39.1. The fourth-order valence-electron chi connectivity index (χ4n) is 3.94. The Balaban J connectivity index is -0.000000136. The Kier molecular flexibility index (Phi) is 59.2. The Hall–Kier alpha value is -4.12. The van der Waals surface area contributed by atoms with Crippen molar-refractivity contribution in [2.45, 2.75) is 74.3 Å². The maximum absolute atomic E-state index is 11.1. The molecular weight excluding hydrogens is 1050 g/mol. The van der Waals surface area contributed by atoms with E-state index in [0.717, 1.165) is 22.6 Å². The van der Waals surface area contributed by atoms with Crippen molar-refractivity contribution >= 4 is 122 Å². The summed E-state index contributed by atoms with van der Waals surface area (Å²) in [5.41, 5.74) is 9.75. The van der Waals surface area contributed by atoms with Crippen LogP contribution in [0.3, 0.4) is 0 Å². The Morgan fingerprint density at radius 1 is 0.662 bits per heavy atom. The van der Waals surface area contributed by atoms with E-state index in [4.69, 9.17) is 66.0 Å². The van der Waals surface area contributed by atoms with Gasteiger partial charge in [-0.1, -0.05) is 79.7 Å². The van der Waals surface area contributed by atoms with E-state index in [0.29, 0.717) is 23.1 Å². The summed E-state index contributed by atoms with van der Waals surface area (Å²) < 4.78 is 31.9. The second-order valence-electron chi connectivity index (χ2n) is 11.0. The van der Waals surface area contributed by atoms with Gasteiger partial charge in [0.2, 0.25) is 0 Å². The summed E-state index contributed by atoms with van der Waals surface area (Å²) in [6.07, 6.45) is 12.5. The number of carbonyl (C=O) groups is 4. The molecular formula is C46H65BCl5N8NaO9S-. The van der Waals surface area contributed by atoms with Gasteiger partial charge in [0.15, 0.2) is 17.3 Å². The Morgan fingerprint density at radius 2 is 1.06 bits per heavy atom. The summed E-state index contributed by atoms with van der Waals surface area (Å²) in [5, 5.41) is 8.76.